The zero-order valence-corrected chi connectivity index (χ0v) is 15.1. The molecule has 0 unspecified atom stereocenters. The Morgan fingerprint density at radius 2 is 2.10 bits per heavy atom. The molecule has 0 radical (unpaired) electrons. The molecule has 7 heteroatoms. The number of nitrogens with one attached hydrogen (secondary N) is 2. The summed E-state index contributed by atoms with van der Waals surface area (Å²) < 4.78 is 0. The van der Waals surface area contributed by atoms with Crippen LogP contribution in [0.15, 0.2) is 4.99 Å². The Labute approximate surface area is 138 Å². The summed E-state index contributed by atoms with van der Waals surface area (Å²) in [5.41, 5.74) is -0.241. The molecular weight excluding hydrogens is 371 g/mol. The molecule has 0 bridgehead atoms. The number of halogens is 1. The van der Waals surface area contributed by atoms with E-state index in [1.165, 1.54) is 0 Å². The molecule has 118 valence electrons. The Balaban J connectivity index is 0.00000361. The van der Waals surface area contributed by atoms with Crippen molar-refractivity contribution in [3.63, 3.8) is 0 Å². The molecule has 1 aliphatic heterocycles. The number of hydrogen-bond acceptors (Lipinski definition) is 3. The Morgan fingerprint density at radius 1 is 1.45 bits per heavy atom. The first kappa shape index (κ1) is 19.4. The third-order valence-corrected chi connectivity index (χ3v) is 2.68. The van der Waals surface area contributed by atoms with Crippen molar-refractivity contribution in [2.45, 2.75) is 45.8 Å². The molecule has 1 rings (SSSR count). The van der Waals surface area contributed by atoms with Crippen molar-refractivity contribution in [1.29, 1.82) is 0 Å². The highest BCUT2D eigenvalue weighted by Gasteiger charge is 2.23. The summed E-state index contributed by atoms with van der Waals surface area (Å²) >= 11 is 0. The van der Waals surface area contributed by atoms with Crippen LogP contribution in [0.3, 0.4) is 0 Å². The molecule has 1 amide bonds. The number of aliphatic imine (C=N–C) groups is 1. The zero-order chi connectivity index (χ0) is 14.5. The number of likely N-dealkylation sites (tertiary alicyclic amines) is 1. The minimum absolute atomic E-state index is 0. The van der Waals surface area contributed by atoms with Crippen LogP contribution in [-0.4, -0.2) is 59.7 Å². The summed E-state index contributed by atoms with van der Waals surface area (Å²) in [4.78, 5) is 18.0. The van der Waals surface area contributed by atoms with E-state index < -0.39 is 0 Å². The van der Waals surface area contributed by atoms with Crippen molar-refractivity contribution in [2.75, 3.05) is 26.2 Å². The average molecular weight is 398 g/mol. The van der Waals surface area contributed by atoms with Crippen molar-refractivity contribution in [3.8, 4) is 0 Å². The van der Waals surface area contributed by atoms with E-state index in [1.54, 1.807) is 0 Å². The number of nitrogens with zero attached hydrogens (tertiary/aromatic N) is 2. The Hall–Kier alpha value is -0.570. The van der Waals surface area contributed by atoms with Gasteiger partial charge in [-0.05, 0) is 34.1 Å². The summed E-state index contributed by atoms with van der Waals surface area (Å²) in [5, 5.41) is 15.6. The highest BCUT2D eigenvalue weighted by Crippen LogP contribution is 2.08. The van der Waals surface area contributed by atoms with Gasteiger partial charge in [0.15, 0.2) is 5.96 Å². The van der Waals surface area contributed by atoms with E-state index in [9.17, 15) is 9.90 Å². The number of β-amino-alcohol motifs (C(OH)–C–C–N with tert-alkyl or cyclic N) is 1. The molecule has 1 atom stereocenters. The number of carbonyl (C=O) groups is 1. The van der Waals surface area contributed by atoms with Gasteiger partial charge in [0, 0.05) is 25.2 Å². The maximum Gasteiger partial charge on any atom is 0.242 e. The fraction of sp³-hybridized carbons (Fsp3) is 0.846. The van der Waals surface area contributed by atoms with E-state index in [0.717, 1.165) is 19.5 Å². The molecule has 0 aromatic carbocycles. The van der Waals surface area contributed by atoms with Crippen molar-refractivity contribution in [2.24, 2.45) is 4.99 Å². The molecule has 1 aliphatic rings. The van der Waals surface area contributed by atoms with Crippen LogP contribution in [0.2, 0.25) is 0 Å². The molecule has 1 heterocycles. The Bertz CT molecular complexity index is 342. The van der Waals surface area contributed by atoms with Gasteiger partial charge in [0.1, 0.15) is 6.54 Å². The monoisotopic (exact) mass is 398 g/mol. The number of rotatable bonds is 3. The van der Waals surface area contributed by atoms with Crippen LogP contribution in [-0.2, 0) is 4.79 Å². The molecule has 0 spiro atoms. The predicted molar refractivity (Wildman–Crippen MR) is 91.5 cm³/mol. The lowest BCUT2D eigenvalue weighted by molar-refractivity contribution is -0.121. The molecule has 1 saturated heterocycles. The first-order valence-corrected chi connectivity index (χ1v) is 6.84. The number of amides is 1. The van der Waals surface area contributed by atoms with Gasteiger partial charge in [-0.2, -0.15) is 0 Å². The molecule has 1 fully saturated rings. The third-order valence-electron chi connectivity index (χ3n) is 2.68. The molecule has 0 aliphatic carbocycles. The lowest BCUT2D eigenvalue weighted by atomic mass is 10.1. The van der Waals surface area contributed by atoms with E-state index in [-0.39, 0.29) is 48.1 Å². The summed E-state index contributed by atoms with van der Waals surface area (Å²) in [6.07, 6.45) is 0.450. The van der Waals surface area contributed by atoms with Crippen LogP contribution >= 0.6 is 24.0 Å². The van der Waals surface area contributed by atoms with Crippen LogP contribution < -0.4 is 10.6 Å². The predicted octanol–water partition coefficient (Wildman–Crippen LogP) is 0.551. The minimum atomic E-state index is -0.299. The molecular formula is C13H27IN4O2. The first-order chi connectivity index (χ1) is 8.81. The van der Waals surface area contributed by atoms with E-state index in [4.69, 9.17) is 0 Å². The lowest BCUT2D eigenvalue weighted by Gasteiger charge is -2.22. The van der Waals surface area contributed by atoms with Gasteiger partial charge in [-0.1, -0.05) is 0 Å². The van der Waals surface area contributed by atoms with Crippen LogP contribution in [0.1, 0.15) is 34.1 Å². The van der Waals surface area contributed by atoms with E-state index in [0.29, 0.717) is 12.5 Å². The van der Waals surface area contributed by atoms with Crippen LogP contribution in [0.25, 0.3) is 0 Å². The Kier molecular flexibility index (Phi) is 8.41. The van der Waals surface area contributed by atoms with Crippen molar-refractivity contribution in [3.05, 3.63) is 0 Å². The van der Waals surface area contributed by atoms with Crippen LogP contribution in [0.4, 0.5) is 0 Å². The van der Waals surface area contributed by atoms with Crippen LogP contribution in [0, 0.1) is 0 Å². The highest BCUT2D eigenvalue weighted by atomic mass is 127. The van der Waals surface area contributed by atoms with Gasteiger partial charge in [-0.25, -0.2) is 4.99 Å². The normalized spacial score (nSPS) is 19.6. The number of aliphatic hydroxyl groups excluding tert-OH is 1. The SMILES string of the molecule is CCNC(=NCC(=O)NC(C)(C)C)N1CC[C@@H](O)C1.I. The third kappa shape index (κ3) is 7.28. The van der Waals surface area contributed by atoms with E-state index >= 15 is 0 Å². The fourth-order valence-corrected chi connectivity index (χ4v) is 1.96. The van der Waals surface area contributed by atoms with Crippen LogP contribution in [0.5, 0.6) is 0 Å². The largest absolute Gasteiger partial charge is 0.391 e. The highest BCUT2D eigenvalue weighted by molar-refractivity contribution is 14.0. The summed E-state index contributed by atoms with van der Waals surface area (Å²) in [6.45, 7) is 10.0. The van der Waals surface area contributed by atoms with E-state index in [2.05, 4.69) is 15.6 Å². The van der Waals surface area contributed by atoms with Gasteiger partial charge in [-0.15, -0.1) is 24.0 Å². The first-order valence-electron chi connectivity index (χ1n) is 6.84. The van der Waals surface area contributed by atoms with Crippen molar-refractivity contribution in [1.82, 2.24) is 15.5 Å². The summed E-state index contributed by atoms with van der Waals surface area (Å²) in [5.74, 6) is 0.603. The zero-order valence-electron chi connectivity index (χ0n) is 12.8. The van der Waals surface area contributed by atoms with Gasteiger partial charge >= 0.3 is 0 Å². The number of hydrogen-bond donors (Lipinski definition) is 3. The summed E-state index contributed by atoms with van der Waals surface area (Å²) in [7, 11) is 0. The molecule has 6 nitrogen and oxygen atoms in total. The van der Waals surface area contributed by atoms with Crippen molar-refractivity contribution < 1.29 is 9.90 Å². The van der Waals surface area contributed by atoms with Crippen molar-refractivity contribution >= 4 is 35.8 Å². The molecule has 3 N–H and O–H groups in total. The summed E-state index contributed by atoms with van der Waals surface area (Å²) in [6, 6.07) is 0. The minimum Gasteiger partial charge on any atom is -0.391 e. The molecule has 0 aromatic heterocycles. The van der Waals surface area contributed by atoms with Gasteiger partial charge in [0.05, 0.1) is 6.10 Å². The fourth-order valence-electron chi connectivity index (χ4n) is 1.96. The van der Waals surface area contributed by atoms with Gasteiger partial charge in [-0.3, -0.25) is 4.79 Å². The molecule has 0 aromatic rings. The number of carbonyl (C=O) groups excluding carboxylic acids is 1. The average Bonchev–Trinajstić information content (AvgIpc) is 2.68. The second-order valence-electron chi connectivity index (χ2n) is 5.86. The number of aliphatic hydroxyl groups is 1. The molecule has 0 saturated carbocycles. The maximum atomic E-state index is 11.7. The van der Waals surface area contributed by atoms with Gasteiger partial charge in [0.2, 0.25) is 5.91 Å². The van der Waals surface area contributed by atoms with Gasteiger partial charge < -0.3 is 20.6 Å². The maximum absolute atomic E-state index is 11.7. The standard InChI is InChI=1S/C13H26N4O2.HI/c1-5-14-12(17-7-6-10(18)9-17)15-8-11(19)16-13(2,3)4;/h10,18H,5-9H2,1-4H3,(H,14,15)(H,16,19);1H/t10-;/m1./s1. The quantitative estimate of drug-likeness (QED) is 0.369. The molecule has 20 heavy (non-hydrogen) atoms. The second-order valence-corrected chi connectivity index (χ2v) is 5.86. The van der Waals surface area contributed by atoms with Gasteiger partial charge in [0.25, 0.3) is 0 Å². The lowest BCUT2D eigenvalue weighted by Crippen LogP contribution is -2.44. The topological polar surface area (TPSA) is 77.0 Å². The second kappa shape index (κ2) is 8.66. The Morgan fingerprint density at radius 3 is 2.55 bits per heavy atom. The smallest absolute Gasteiger partial charge is 0.242 e. The number of guanidine groups is 1. The van der Waals surface area contributed by atoms with E-state index in [1.807, 2.05) is 32.6 Å².